The summed E-state index contributed by atoms with van der Waals surface area (Å²) in [6, 6.07) is 11.9. The number of rotatable bonds is 5. The number of methoxy groups -OCH3 is 1. The Morgan fingerprint density at radius 3 is 2.88 bits per heavy atom. The van der Waals surface area contributed by atoms with Gasteiger partial charge >= 0.3 is 0 Å². The van der Waals surface area contributed by atoms with E-state index in [1.54, 1.807) is 24.5 Å². The quantitative estimate of drug-likeness (QED) is 0.835. The molecular formula is C19H22N2O2S. The Morgan fingerprint density at radius 1 is 1.33 bits per heavy atom. The molecule has 0 bridgehead atoms. The molecule has 0 aliphatic carbocycles. The van der Waals surface area contributed by atoms with Crippen molar-refractivity contribution in [3.8, 4) is 0 Å². The third-order valence-electron chi connectivity index (χ3n) is 4.15. The zero-order chi connectivity index (χ0) is 16.8. The van der Waals surface area contributed by atoms with E-state index in [1.807, 2.05) is 35.7 Å². The molecule has 1 amide bonds. The number of benzene rings is 1. The van der Waals surface area contributed by atoms with Crippen molar-refractivity contribution in [2.24, 2.45) is 0 Å². The molecule has 0 saturated carbocycles. The molecule has 1 N–H and O–H groups in total. The molecule has 2 aromatic rings. The van der Waals surface area contributed by atoms with E-state index in [0.717, 1.165) is 36.5 Å². The standard InChI is InChI=1S/C19H22N2O2S/c1-23-17-4-2-12-21(14-17)16-8-6-15(7-9-16)20-19(22)11-10-18-5-3-13-24-18/h3,5-11,13,17H,2,4,12,14H2,1H3,(H,20,22)/b11-10+. The lowest BCUT2D eigenvalue weighted by Gasteiger charge is -2.33. The molecule has 4 nitrogen and oxygen atoms in total. The molecule has 0 radical (unpaired) electrons. The van der Waals surface area contributed by atoms with Crippen LogP contribution in [0.3, 0.4) is 0 Å². The second-order valence-electron chi connectivity index (χ2n) is 5.83. The molecule has 1 aromatic heterocycles. The van der Waals surface area contributed by atoms with Gasteiger partial charge in [0.05, 0.1) is 6.10 Å². The van der Waals surface area contributed by atoms with Gasteiger partial charge in [0.25, 0.3) is 0 Å². The summed E-state index contributed by atoms with van der Waals surface area (Å²) < 4.78 is 5.47. The van der Waals surface area contributed by atoms with Crippen molar-refractivity contribution in [1.29, 1.82) is 0 Å². The molecule has 126 valence electrons. The fourth-order valence-corrected chi connectivity index (χ4v) is 3.47. The largest absolute Gasteiger partial charge is 0.380 e. The number of carbonyl (C=O) groups excluding carboxylic acids is 1. The highest BCUT2D eigenvalue weighted by molar-refractivity contribution is 7.10. The zero-order valence-electron chi connectivity index (χ0n) is 13.8. The zero-order valence-corrected chi connectivity index (χ0v) is 14.6. The lowest BCUT2D eigenvalue weighted by Crippen LogP contribution is -2.39. The molecule has 1 fully saturated rings. The van der Waals surface area contributed by atoms with Crippen molar-refractivity contribution in [1.82, 2.24) is 0 Å². The van der Waals surface area contributed by atoms with Crippen LogP contribution in [0.5, 0.6) is 0 Å². The van der Waals surface area contributed by atoms with Crippen LogP contribution < -0.4 is 10.2 Å². The van der Waals surface area contributed by atoms with E-state index in [-0.39, 0.29) is 5.91 Å². The maximum absolute atomic E-state index is 12.0. The van der Waals surface area contributed by atoms with E-state index < -0.39 is 0 Å². The molecule has 5 heteroatoms. The third-order valence-corrected chi connectivity index (χ3v) is 4.99. The Labute approximate surface area is 146 Å². The maximum Gasteiger partial charge on any atom is 0.248 e. The molecule has 2 heterocycles. The number of anilines is 2. The van der Waals surface area contributed by atoms with Gasteiger partial charge in [0.2, 0.25) is 5.91 Å². The van der Waals surface area contributed by atoms with E-state index in [4.69, 9.17) is 4.74 Å². The highest BCUT2D eigenvalue weighted by Gasteiger charge is 2.19. The molecular weight excluding hydrogens is 320 g/mol. The topological polar surface area (TPSA) is 41.6 Å². The lowest BCUT2D eigenvalue weighted by atomic mass is 10.1. The van der Waals surface area contributed by atoms with E-state index in [1.165, 1.54) is 5.69 Å². The van der Waals surface area contributed by atoms with Crippen molar-refractivity contribution in [2.45, 2.75) is 18.9 Å². The van der Waals surface area contributed by atoms with E-state index >= 15 is 0 Å². The first-order valence-electron chi connectivity index (χ1n) is 8.15. The van der Waals surface area contributed by atoms with Crippen LogP contribution >= 0.6 is 11.3 Å². The summed E-state index contributed by atoms with van der Waals surface area (Å²) in [5, 5.41) is 4.88. The van der Waals surface area contributed by atoms with Gasteiger partial charge in [0.1, 0.15) is 0 Å². The molecule has 1 atom stereocenters. The fraction of sp³-hybridized carbons (Fsp3) is 0.316. The first-order valence-corrected chi connectivity index (χ1v) is 9.03. The minimum absolute atomic E-state index is 0.117. The van der Waals surface area contributed by atoms with Crippen LogP contribution in [-0.4, -0.2) is 32.2 Å². The fourth-order valence-electron chi connectivity index (χ4n) is 2.85. The first kappa shape index (κ1) is 16.7. The molecule has 1 aliphatic heterocycles. The van der Waals surface area contributed by atoms with E-state index in [9.17, 15) is 4.79 Å². The Morgan fingerprint density at radius 2 is 2.17 bits per heavy atom. The summed E-state index contributed by atoms with van der Waals surface area (Å²) in [7, 11) is 1.77. The number of hydrogen-bond acceptors (Lipinski definition) is 4. The predicted molar refractivity (Wildman–Crippen MR) is 101 cm³/mol. The SMILES string of the molecule is COC1CCCN(c2ccc(NC(=O)/C=C/c3cccs3)cc2)C1. The molecule has 24 heavy (non-hydrogen) atoms. The Kier molecular flexibility index (Phi) is 5.67. The molecule has 1 aliphatic rings. The second kappa shape index (κ2) is 8.13. The highest BCUT2D eigenvalue weighted by atomic mass is 32.1. The van der Waals surface area contributed by atoms with Crippen LogP contribution in [0.2, 0.25) is 0 Å². The monoisotopic (exact) mass is 342 g/mol. The van der Waals surface area contributed by atoms with Gasteiger partial charge in [-0.25, -0.2) is 0 Å². The number of amides is 1. The second-order valence-corrected chi connectivity index (χ2v) is 6.81. The Hall–Kier alpha value is -2.11. The predicted octanol–water partition coefficient (Wildman–Crippen LogP) is 4.02. The minimum Gasteiger partial charge on any atom is -0.380 e. The number of thiophene rings is 1. The minimum atomic E-state index is -0.117. The van der Waals surface area contributed by atoms with Crippen LogP contribution in [0.1, 0.15) is 17.7 Å². The normalized spacial score (nSPS) is 18.0. The van der Waals surface area contributed by atoms with E-state index in [0.29, 0.717) is 6.10 Å². The summed E-state index contributed by atoms with van der Waals surface area (Å²) in [5.74, 6) is -0.117. The van der Waals surface area contributed by atoms with Crippen molar-refractivity contribution in [3.63, 3.8) is 0 Å². The summed E-state index contributed by atoms with van der Waals surface area (Å²) in [4.78, 5) is 15.4. The van der Waals surface area contributed by atoms with Crippen molar-refractivity contribution in [2.75, 3.05) is 30.4 Å². The van der Waals surface area contributed by atoms with Gasteiger partial charge in [0.15, 0.2) is 0 Å². The molecule has 0 spiro atoms. The molecule has 1 aromatic carbocycles. The number of nitrogens with one attached hydrogen (secondary N) is 1. The van der Waals surface area contributed by atoms with Crippen LogP contribution in [-0.2, 0) is 9.53 Å². The van der Waals surface area contributed by atoms with Gasteiger partial charge in [-0.2, -0.15) is 0 Å². The summed E-state index contributed by atoms with van der Waals surface area (Å²) in [6.07, 6.45) is 5.96. The van der Waals surface area contributed by atoms with Gasteiger partial charge in [-0.15, -0.1) is 11.3 Å². The van der Waals surface area contributed by atoms with Gasteiger partial charge < -0.3 is 15.0 Å². The average molecular weight is 342 g/mol. The highest BCUT2D eigenvalue weighted by Crippen LogP contribution is 2.23. The summed E-state index contributed by atoms with van der Waals surface area (Å²) in [5.41, 5.74) is 1.98. The van der Waals surface area contributed by atoms with Crippen LogP contribution in [0, 0.1) is 0 Å². The lowest BCUT2D eigenvalue weighted by molar-refractivity contribution is -0.111. The van der Waals surface area contributed by atoms with Gasteiger partial charge in [-0.1, -0.05) is 6.07 Å². The maximum atomic E-state index is 12.0. The smallest absolute Gasteiger partial charge is 0.248 e. The third kappa shape index (κ3) is 4.46. The van der Waals surface area contributed by atoms with Crippen molar-refractivity contribution < 1.29 is 9.53 Å². The Bertz CT molecular complexity index is 680. The number of ether oxygens (including phenoxy) is 1. The number of carbonyl (C=O) groups is 1. The van der Waals surface area contributed by atoms with Crippen molar-refractivity contribution >= 4 is 34.7 Å². The molecule has 3 rings (SSSR count). The van der Waals surface area contributed by atoms with Crippen molar-refractivity contribution in [3.05, 3.63) is 52.7 Å². The van der Waals surface area contributed by atoms with Gasteiger partial charge in [0, 0.05) is 42.5 Å². The summed E-state index contributed by atoms with van der Waals surface area (Å²) >= 11 is 1.61. The molecule has 1 unspecified atom stereocenters. The van der Waals surface area contributed by atoms with Crippen LogP contribution in [0.4, 0.5) is 11.4 Å². The Balaban J connectivity index is 1.57. The van der Waals surface area contributed by atoms with E-state index in [2.05, 4.69) is 22.3 Å². The van der Waals surface area contributed by atoms with Crippen LogP contribution in [0.25, 0.3) is 6.08 Å². The van der Waals surface area contributed by atoms with Gasteiger partial charge in [-0.3, -0.25) is 4.79 Å². The number of nitrogens with zero attached hydrogens (tertiary/aromatic N) is 1. The number of hydrogen-bond donors (Lipinski definition) is 1. The first-order chi connectivity index (χ1) is 11.7. The van der Waals surface area contributed by atoms with Crippen LogP contribution in [0.15, 0.2) is 47.9 Å². The average Bonchev–Trinajstić information content (AvgIpc) is 3.14. The molecule has 1 saturated heterocycles. The van der Waals surface area contributed by atoms with Gasteiger partial charge in [-0.05, 0) is 54.6 Å². The summed E-state index contributed by atoms with van der Waals surface area (Å²) in [6.45, 7) is 1.97. The number of piperidine rings is 1.